The topological polar surface area (TPSA) is 95.9 Å². The number of carboxylic acid groups (broad SMARTS) is 1. The normalized spacial score (nSPS) is 10.7. The van der Waals surface area contributed by atoms with Gasteiger partial charge in [0.05, 0.1) is 10.2 Å². The Balaban J connectivity index is 0.000000297. The highest BCUT2D eigenvalue weighted by molar-refractivity contribution is 9.10. The lowest BCUT2D eigenvalue weighted by Gasteiger charge is -2.22. The number of anilines is 2. The van der Waals surface area contributed by atoms with E-state index in [1.54, 1.807) is 45.3 Å². The maximum absolute atomic E-state index is 12.0. The number of imide groups is 1. The van der Waals surface area contributed by atoms with E-state index < -0.39 is 17.8 Å². The fourth-order valence-corrected chi connectivity index (χ4v) is 3.75. The van der Waals surface area contributed by atoms with E-state index in [4.69, 9.17) is 4.74 Å². The van der Waals surface area contributed by atoms with Crippen molar-refractivity contribution in [3.05, 3.63) is 47.2 Å². The number of fused-ring (bicyclic) bond motifs is 1. The summed E-state index contributed by atoms with van der Waals surface area (Å²) in [6.45, 7) is 5.00. The fourth-order valence-electron chi connectivity index (χ4n) is 2.19. The average molecular weight is 495 g/mol. The van der Waals surface area contributed by atoms with Crippen molar-refractivity contribution in [2.24, 2.45) is 0 Å². The summed E-state index contributed by atoms with van der Waals surface area (Å²) in [5, 5.41) is 9.32. The van der Waals surface area contributed by atoms with Crippen LogP contribution in [0.5, 0.6) is 0 Å². The van der Waals surface area contributed by atoms with Crippen molar-refractivity contribution in [3.8, 4) is 0 Å². The number of rotatable bonds is 2. The first-order chi connectivity index (χ1) is 14.0. The third kappa shape index (κ3) is 6.39. The van der Waals surface area contributed by atoms with E-state index in [-0.39, 0.29) is 5.13 Å². The molecule has 0 bridgehead atoms. The number of para-hydroxylation sites is 1. The van der Waals surface area contributed by atoms with Crippen LogP contribution >= 0.6 is 27.3 Å². The lowest BCUT2D eigenvalue weighted by atomic mass is 10.2. The van der Waals surface area contributed by atoms with Gasteiger partial charge >= 0.3 is 12.2 Å². The van der Waals surface area contributed by atoms with Crippen LogP contribution in [0.2, 0.25) is 0 Å². The lowest BCUT2D eigenvalue weighted by molar-refractivity contribution is 0.0582. The van der Waals surface area contributed by atoms with E-state index in [1.165, 1.54) is 5.69 Å². The second-order valence-electron chi connectivity index (χ2n) is 7.28. The molecule has 30 heavy (non-hydrogen) atoms. The van der Waals surface area contributed by atoms with Crippen molar-refractivity contribution in [3.63, 3.8) is 0 Å². The monoisotopic (exact) mass is 494 g/mol. The van der Waals surface area contributed by atoms with E-state index in [9.17, 15) is 14.7 Å². The highest BCUT2D eigenvalue weighted by atomic mass is 79.9. The summed E-state index contributed by atoms with van der Waals surface area (Å²) in [7, 11) is 4.02. The van der Waals surface area contributed by atoms with Gasteiger partial charge in [0.25, 0.3) is 0 Å². The lowest BCUT2D eigenvalue weighted by Crippen LogP contribution is -2.40. The predicted octanol–water partition coefficient (Wildman–Crippen LogP) is 5.63. The summed E-state index contributed by atoms with van der Waals surface area (Å²) in [6, 6.07) is 9.35. The Morgan fingerprint density at radius 2 is 1.77 bits per heavy atom. The van der Waals surface area contributed by atoms with Crippen molar-refractivity contribution in [1.82, 2.24) is 9.97 Å². The Hall–Kier alpha value is -2.72. The fraction of sp³-hybridized carbons (Fsp3) is 0.300. The van der Waals surface area contributed by atoms with Crippen LogP contribution in [0.1, 0.15) is 20.8 Å². The zero-order chi connectivity index (χ0) is 22.5. The minimum atomic E-state index is -1.43. The third-order valence-electron chi connectivity index (χ3n) is 3.50. The maximum Gasteiger partial charge on any atom is 0.426 e. The molecule has 10 heteroatoms. The zero-order valence-electron chi connectivity index (χ0n) is 17.3. The van der Waals surface area contributed by atoms with Gasteiger partial charge in [-0.1, -0.05) is 17.4 Å². The van der Waals surface area contributed by atoms with Crippen LogP contribution in [0.4, 0.5) is 20.4 Å². The molecule has 2 amide bonds. The molecule has 0 spiro atoms. The van der Waals surface area contributed by atoms with Gasteiger partial charge in [0.1, 0.15) is 5.60 Å². The zero-order valence-corrected chi connectivity index (χ0v) is 19.7. The molecule has 1 N–H and O–H groups in total. The second kappa shape index (κ2) is 9.86. The van der Waals surface area contributed by atoms with Crippen LogP contribution in [0, 0.1) is 0 Å². The molecule has 0 unspecified atom stereocenters. The number of amides is 2. The van der Waals surface area contributed by atoms with Gasteiger partial charge in [0.2, 0.25) is 5.13 Å². The number of hydrogen-bond acceptors (Lipinski definition) is 7. The smallest absolute Gasteiger partial charge is 0.426 e. The highest BCUT2D eigenvalue weighted by Crippen LogP contribution is 2.33. The summed E-state index contributed by atoms with van der Waals surface area (Å²) in [6.07, 6.45) is 1.18. The van der Waals surface area contributed by atoms with E-state index in [0.717, 1.165) is 20.5 Å². The standard InChI is InChI=1S/C13H13BrN2O4S.C7H10N2/c1-13(2,3)20-12(19)16(11(17)18)10-15-9-7(14)5-4-6-8(9)21-10;1-9(2)7-3-5-8-6-4-7/h4-6H,1-3H3,(H,17,18);3-6H,1-2H3. The Bertz CT molecular complexity index is 1020. The Morgan fingerprint density at radius 3 is 2.23 bits per heavy atom. The van der Waals surface area contributed by atoms with Crippen LogP contribution in [-0.2, 0) is 4.74 Å². The largest absolute Gasteiger partial charge is 0.464 e. The molecule has 3 aromatic rings. The molecule has 2 heterocycles. The molecule has 0 aliphatic heterocycles. The van der Waals surface area contributed by atoms with Gasteiger partial charge in [-0.15, -0.1) is 0 Å². The molecule has 3 rings (SSSR count). The van der Waals surface area contributed by atoms with E-state index >= 15 is 0 Å². The Kier molecular flexibility index (Phi) is 7.74. The van der Waals surface area contributed by atoms with Crippen molar-refractivity contribution < 1.29 is 19.4 Å². The van der Waals surface area contributed by atoms with Crippen molar-refractivity contribution >= 4 is 60.5 Å². The molecule has 0 aliphatic carbocycles. The van der Waals surface area contributed by atoms with Gasteiger partial charge in [-0.05, 0) is 61.0 Å². The molecule has 0 atom stereocenters. The summed E-state index contributed by atoms with van der Waals surface area (Å²) in [5.74, 6) is 0. The summed E-state index contributed by atoms with van der Waals surface area (Å²) < 4.78 is 6.61. The summed E-state index contributed by atoms with van der Waals surface area (Å²) >= 11 is 4.45. The van der Waals surface area contributed by atoms with Crippen molar-refractivity contribution in [1.29, 1.82) is 0 Å². The minimum Gasteiger partial charge on any atom is -0.464 e. The van der Waals surface area contributed by atoms with Crippen molar-refractivity contribution in [2.45, 2.75) is 26.4 Å². The van der Waals surface area contributed by atoms with Crippen LogP contribution in [0.3, 0.4) is 0 Å². The molecule has 0 saturated heterocycles. The van der Waals surface area contributed by atoms with Crippen LogP contribution < -0.4 is 9.80 Å². The number of carbonyl (C=O) groups is 2. The number of thiazole rings is 1. The first-order valence-electron chi connectivity index (χ1n) is 8.88. The molecular formula is C20H23BrN4O4S. The molecular weight excluding hydrogens is 472 g/mol. The summed E-state index contributed by atoms with van der Waals surface area (Å²) in [5.41, 5.74) is 1.000. The second-order valence-corrected chi connectivity index (χ2v) is 9.14. The molecule has 160 valence electrons. The summed E-state index contributed by atoms with van der Waals surface area (Å²) in [4.78, 5) is 34.1. The number of hydrogen-bond donors (Lipinski definition) is 1. The molecule has 2 aromatic heterocycles. The number of halogens is 1. The van der Waals surface area contributed by atoms with Gasteiger partial charge in [0, 0.05) is 36.6 Å². The van der Waals surface area contributed by atoms with Crippen LogP contribution in [0.15, 0.2) is 47.2 Å². The molecule has 0 saturated carbocycles. The first kappa shape index (κ1) is 23.6. The predicted molar refractivity (Wildman–Crippen MR) is 123 cm³/mol. The highest BCUT2D eigenvalue weighted by Gasteiger charge is 2.31. The van der Waals surface area contributed by atoms with Gasteiger partial charge in [0.15, 0.2) is 0 Å². The van der Waals surface area contributed by atoms with Crippen LogP contribution in [0.25, 0.3) is 10.2 Å². The molecule has 1 aromatic carbocycles. The number of carbonyl (C=O) groups excluding carboxylic acids is 1. The Morgan fingerprint density at radius 1 is 1.13 bits per heavy atom. The number of benzene rings is 1. The quantitative estimate of drug-likeness (QED) is 0.493. The average Bonchev–Trinajstić information content (AvgIpc) is 3.06. The van der Waals surface area contributed by atoms with E-state index in [2.05, 4.69) is 25.9 Å². The molecule has 8 nitrogen and oxygen atoms in total. The third-order valence-corrected chi connectivity index (χ3v) is 5.14. The number of ether oxygens (including phenoxy) is 1. The molecule has 0 radical (unpaired) electrons. The maximum atomic E-state index is 12.0. The first-order valence-corrected chi connectivity index (χ1v) is 10.5. The van der Waals surface area contributed by atoms with Gasteiger partial charge in [-0.2, -0.15) is 4.90 Å². The van der Waals surface area contributed by atoms with E-state index in [1.807, 2.05) is 37.2 Å². The minimum absolute atomic E-state index is 0.0543. The molecule has 0 fully saturated rings. The molecule has 0 aliphatic rings. The number of aromatic nitrogens is 2. The number of nitrogens with zero attached hydrogens (tertiary/aromatic N) is 4. The van der Waals surface area contributed by atoms with Crippen LogP contribution in [-0.4, -0.2) is 47.0 Å². The van der Waals surface area contributed by atoms with Gasteiger partial charge in [-0.3, -0.25) is 4.98 Å². The number of pyridine rings is 1. The Labute approximate surface area is 187 Å². The van der Waals surface area contributed by atoms with E-state index in [0.29, 0.717) is 10.4 Å². The van der Waals surface area contributed by atoms with Gasteiger partial charge in [-0.25, -0.2) is 14.6 Å². The van der Waals surface area contributed by atoms with Gasteiger partial charge < -0.3 is 14.7 Å². The van der Waals surface area contributed by atoms with Crippen molar-refractivity contribution in [2.75, 3.05) is 23.9 Å². The SMILES string of the molecule is CC(C)(C)OC(=O)N(C(=O)O)c1nc2c(Br)cccc2s1.CN(C)c1ccncc1.